The molecule has 0 radical (unpaired) electrons. The lowest BCUT2D eigenvalue weighted by atomic mass is 10.1. The van der Waals surface area contributed by atoms with Crippen LogP contribution in [0.1, 0.15) is 0 Å². The quantitative estimate of drug-likeness (QED) is 0.540. The van der Waals surface area contributed by atoms with Crippen LogP contribution in [0.3, 0.4) is 0 Å². The number of aromatic hydroxyl groups is 1. The number of phenols is 1. The number of rotatable bonds is 5. The van der Waals surface area contributed by atoms with Gasteiger partial charge in [-0.05, 0) is 35.0 Å². The molecule has 0 aliphatic carbocycles. The summed E-state index contributed by atoms with van der Waals surface area (Å²) < 4.78 is 142. The van der Waals surface area contributed by atoms with Gasteiger partial charge in [-0.15, -0.1) is 0 Å². The Labute approximate surface area is 150 Å². The Morgan fingerprint density at radius 1 is 0.750 bits per heavy atom. The largest absolute Gasteiger partial charge is 0.508 e. The maximum absolute atomic E-state index is 13.6. The number of phenolic OH excluding ortho intramolecular Hbond substituents is 1. The van der Waals surface area contributed by atoms with Crippen molar-refractivity contribution < 1.29 is 57.2 Å². The molecule has 2 aromatic rings. The van der Waals surface area contributed by atoms with Crippen molar-refractivity contribution in [3.8, 4) is 11.5 Å². The zero-order valence-corrected chi connectivity index (χ0v) is 13.8. The summed E-state index contributed by atoms with van der Waals surface area (Å²) in [6.45, 7) is 0. The third kappa shape index (κ3) is 3.29. The molecule has 2 aromatic carbocycles. The average Bonchev–Trinajstić information content (AvgIpc) is 2.52. The first kappa shape index (κ1) is 21.9. The maximum Gasteiger partial charge on any atom is 0.460 e. The topological polar surface area (TPSA) is 63.6 Å². The molecule has 4 nitrogen and oxygen atoms in total. The first-order chi connectivity index (χ1) is 12.4. The Balaban J connectivity index is 2.47. The van der Waals surface area contributed by atoms with Crippen molar-refractivity contribution in [2.45, 2.75) is 23.3 Å². The second-order valence-corrected chi connectivity index (χ2v) is 6.98. The summed E-state index contributed by atoms with van der Waals surface area (Å²) in [4.78, 5) is 0. The molecule has 28 heavy (non-hydrogen) atoms. The highest BCUT2D eigenvalue weighted by molar-refractivity contribution is 7.88. The molecule has 1 N–H and O–H groups in total. The van der Waals surface area contributed by atoms with Gasteiger partial charge in [0.15, 0.2) is 0 Å². The second kappa shape index (κ2) is 6.32. The minimum Gasteiger partial charge on any atom is -0.508 e. The molecule has 156 valence electrons. The zero-order valence-electron chi connectivity index (χ0n) is 12.9. The van der Waals surface area contributed by atoms with E-state index in [9.17, 15) is 53.0 Å². The van der Waals surface area contributed by atoms with Crippen molar-refractivity contribution in [3.05, 3.63) is 36.4 Å². The fourth-order valence-corrected chi connectivity index (χ4v) is 2.86. The first-order valence-corrected chi connectivity index (χ1v) is 8.22. The molecule has 0 bridgehead atoms. The van der Waals surface area contributed by atoms with Crippen LogP contribution in [0.25, 0.3) is 10.8 Å². The molecule has 0 heterocycles. The number of hydrogen-bond donors (Lipinski definition) is 1. The maximum atomic E-state index is 13.6. The van der Waals surface area contributed by atoms with Gasteiger partial charge in [-0.2, -0.15) is 47.9 Å². The third-order valence-corrected chi connectivity index (χ3v) is 4.73. The predicted molar refractivity (Wildman–Crippen MR) is 76.1 cm³/mol. The first-order valence-electron chi connectivity index (χ1n) is 6.81. The SMILES string of the molecule is O=S(=O)(Oc1ccc2ccc(O)cc2c1)C(F)(F)C(F)(F)C(F)(F)C(F)(F)F. The molecule has 0 spiro atoms. The average molecular weight is 442 g/mol. The molecule has 0 aliphatic rings. The summed E-state index contributed by atoms with van der Waals surface area (Å²) in [7, 11) is -7.02. The van der Waals surface area contributed by atoms with Gasteiger partial charge in [0.25, 0.3) is 0 Å². The van der Waals surface area contributed by atoms with Crippen molar-refractivity contribution in [1.82, 2.24) is 0 Å². The van der Waals surface area contributed by atoms with Gasteiger partial charge in [0.05, 0.1) is 0 Å². The Morgan fingerprint density at radius 3 is 1.82 bits per heavy atom. The van der Waals surface area contributed by atoms with E-state index in [1.807, 2.05) is 0 Å². The normalized spacial score (nSPS) is 14.3. The minimum absolute atomic E-state index is 0.0385. The van der Waals surface area contributed by atoms with E-state index in [0.29, 0.717) is 17.5 Å². The van der Waals surface area contributed by atoms with Crippen LogP contribution in [-0.2, 0) is 10.1 Å². The predicted octanol–water partition coefficient (Wildman–Crippen LogP) is 4.68. The zero-order chi connectivity index (χ0) is 21.8. The number of hydrogen-bond acceptors (Lipinski definition) is 4. The second-order valence-electron chi connectivity index (χ2n) is 5.39. The van der Waals surface area contributed by atoms with Gasteiger partial charge in [0, 0.05) is 0 Å². The van der Waals surface area contributed by atoms with Crippen LogP contribution in [0.2, 0.25) is 0 Å². The highest BCUT2D eigenvalue weighted by Crippen LogP contribution is 2.55. The highest BCUT2D eigenvalue weighted by atomic mass is 32.2. The van der Waals surface area contributed by atoms with E-state index >= 15 is 0 Å². The van der Waals surface area contributed by atoms with Gasteiger partial charge >= 0.3 is 33.4 Å². The molecule has 2 rings (SSSR count). The van der Waals surface area contributed by atoms with E-state index in [4.69, 9.17) is 0 Å². The number of benzene rings is 2. The molecule has 0 atom stereocenters. The van der Waals surface area contributed by atoms with Crippen LogP contribution in [0.15, 0.2) is 36.4 Å². The van der Waals surface area contributed by atoms with Gasteiger partial charge in [0.2, 0.25) is 0 Å². The summed E-state index contributed by atoms with van der Waals surface area (Å²) >= 11 is 0. The summed E-state index contributed by atoms with van der Waals surface area (Å²) in [6.07, 6.45) is -7.17. The molecule has 14 heteroatoms. The van der Waals surface area contributed by atoms with Crippen molar-refractivity contribution in [1.29, 1.82) is 0 Å². The van der Waals surface area contributed by atoms with E-state index in [0.717, 1.165) is 12.1 Å². The van der Waals surface area contributed by atoms with Crippen LogP contribution in [-0.4, -0.2) is 36.8 Å². The third-order valence-electron chi connectivity index (χ3n) is 3.43. The van der Waals surface area contributed by atoms with Crippen molar-refractivity contribution >= 4 is 20.9 Å². The van der Waals surface area contributed by atoms with Gasteiger partial charge < -0.3 is 9.29 Å². The smallest absolute Gasteiger partial charge is 0.460 e. The fraction of sp³-hybridized carbons (Fsp3) is 0.286. The summed E-state index contributed by atoms with van der Waals surface area (Å²) in [5.41, 5.74) is 0. The summed E-state index contributed by atoms with van der Waals surface area (Å²) in [5.74, 6) is -16.2. The van der Waals surface area contributed by atoms with Crippen molar-refractivity contribution in [2.75, 3.05) is 0 Å². The van der Waals surface area contributed by atoms with Crippen LogP contribution in [0, 0.1) is 0 Å². The van der Waals surface area contributed by atoms with Crippen molar-refractivity contribution in [3.63, 3.8) is 0 Å². The minimum atomic E-state index is -7.38. The Morgan fingerprint density at radius 2 is 1.29 bits per heavy atom. The Hall–Kier alpha value is -2.38. The Bertz CT molecular complexity index is 1000. The van der Waals surface area contributed by atoms with Gasteiger partial charge in [-0.1, -0.05) is 12.1 Å². The number of halogens is 9. The molecule has 0 unspecified atom stereocenters. The van der Waals surface area contributed by atoms with Crippen LogP contribution in [0.5, 0.6) is 11.5 Å². The van der Waals surface area contributed by atoms with Gasteiger partial charge in [0.1, 0.15) is 11.5 Å². The van der Waals surface area contributed by atoms with Gasteiger partial charge in [-0.3, -0.25) is 0 Å². The van der Waals surface area contributed by atoms with Gasteiger partial charge in [-0.25, -0.2) is 0 Å². The molecule has 0 fully saturated rings. The lowest BCUT2D eigenvalue weighted by Crippen LogP contribution is -2.63. The fourth-order valence-electron chi connectivity index (χ4n) is 1.96. The summed E-state index contributed by atoms with van der Waals surface area (Å²) in [5, 5.41) is 2.59. The Kier molecular flexibility index (Phi) is 4.95. The number of alkyl halides is 9. The monoisotopic (exact) mass is 442 g/mol. The molecule has 0 saturated carbocycles. The molecule has 0 saturated heterocycles. The van der Waals surface area contributed by atoms with Crippen LogP contribution >= 0.6 is 0 Å². The van der Waals surface area contributed by atoms with Crippen LogP contribution < -0.4 is 4.18 Å². The lowest BCUT2D eigenvalue weighted by Gasteiger charge is -2.32. The molecule has 0 aromatic heterocycles. The van der Waals surface area contributed by atoms with Crippen molar-refractivity contribution in [2.24, 2.45) is 0 Å². The molecular weight excluding hydrogens is 435 g/mol. The van der Waals surface area contributed by atoms with E-state index in [1.54, 1.807) is 0 Å². The highest BCUT2D eigenvalue weighted by Gasteiger charge is 2.86. The molecular formula is C14H7F9O4S. The molecule has 0 aliphatic heterocycles. The van der Waals surface area contributed by atoms with Crippen LogP contribution in [0.4, 0.5) is 39.5 Å². The van der Waals surface area contributed by atoms with E-state index in [2.05, 4.69) is 4.18 Å². The van der Waals surface area contributed by atoms with E-state index < -0.39 is 39.1 Å². The lowest BCUT2D eigenvalue weighted by molar-refractivity contribution is -0.382. The standard InChI is InChI=1S/C14H7F9O4S/c15-11(16,13(19,20)21)12(17,18)14(22,23)28(25,26)27-10-4-2-7-1-3-9(24)5-8(7)6-10/h1-6,24H. The van der Waals surface area contributed by atoms with E-state index in [-0.39, 0.29) is 11.1 Å². The number of fused-ring (bicyclic) bond motifs is 1. The molecule has 0 amide bonds. The summed E-state index contributed by atoms with van der Waals surface area (Å²) in [6, 6.07) is 5.80. The van der Waals surface area contributed by atoms with E-state index in [1.165, 1.54) is 12.1 Å².